The lowest BCUT2D eigenvalue weighted by Gasteiger charge is -2.11. The lowest BCUT2D eigenvalue weighted by molar-refractivity contribution is -0.384. The quantitative estimate of drug-likeness (QED) is 0.611. The van der Waals surface area contributed by atoms with Gasteiger partial charge in [0.1, 0.15) is 5.75 Å². The van der Waals surface area contributed by atoms with Crippen molar-refractivity contribution in [3.8, 4) is 5.75 Å². The van der Waals surface area contributed by atoms with Crippen molar-refractivity contribution >= 4 is 33.0 Å². The van der Waals surface area contributed by atoms with Gasteiger partial charge in [-0.05, 0) is 30.3 Å². The summed E-state index contributed by atoms with van der Waals surface area (Å²) in [6.45, 7) is -3.06. The number of nitrogens with zero attached hydrogens (tertiary/aromatic N) is 1. The molecule has 0 unspecified atom stereocenters. The first-order chi connectivity index (χ1) is 11.2. The molecule has 0 aliphatic carbocycles. The number of nitro groups is 1. The van der Waals surface area contributed by atoms with Crippen LogP contribution in [-0.4, -0.2) is 20.0 Å². The van der Waals surface area contributed by atoms with Gasteiger partial charge < -0.3 is 4.74 Å². The number of anilines is 1. The lowest BCUT2D eigenvalue weighted by atomic mass is 10.3. The smallest absolute Gasteiger partial charge is 0.387 e. The summed E-state index contributed by atoms with van der Waals surface area (Å²) in [4.78, 5) is 9.69. The van der Waals surface area contributed by atoms with Crippen LogP contribution in [0.3, 0.4) is 0 Å². The van der Waals surface area contributed by atoms with Crippen LogP contribution in [0.15, 0.2) is 47.4 Å². The Labute approximate surface area is 140 Å². The fraction of sp³-hybridized carbons (Fsp3) is 0.0769. The first-order valence-electron chi connectivity index (χ1n) is 6.20. The number of rotatable bonds is 6. The van der Waals surface area contributed by atoms with Crippen LogP contribution in [0.5, 0.6) is 5.75 Å². The Bertz CT molecular complexity index is 859. The van der Waals surface area contributed by atoms with E-state index in [4.69, 9.17) is 11.6 Å². The Kier molecular flexibility index (Phi) is 5.20. The fourth-order valence-corrected chi connectivity index (χ4v) is 2.99. The van der Waals surface area contributed by atoms with Crippen molar-refractivity contribution < 1.29 is 26.9 Å². The first-order valence-corrected chi connectivity index (χ1v) is 8.07. The monoisotopic (exact) mass is 378 g/mol. The number of halogens is 3. The van der Waals surface area contributed by atoms with Gasteiger partial charge in [-0.25, -0.2) is 8.42 Å². The zero-order valence-corrected chi connectivity index (χ0v) is 13.2. The minimum Gasteiger partial charge on any atom is -0.433 e. The summed E-state index contributed by atoms with van der Waals surface area (Å²) in [5, 5.41) is 10.4. The van der Waals surface area contributed by atoms with Crippen LogP contribution in [0.2, 0.25) is 5.02 Å². The first kappa shape index (κ1) is 17.9. The molecule has 0 fully saturated rings. The van der Waals surface area contributed by atoms with Crippen molar-refractivity contribution in [1.82, 2.24) is 0 Å². The van der Waals surface area contributed by atoms with Crippen molar-refractivity contribution in [2.75, 3.05) is 4.72 Å². The van der Waals surface area contributed by atoms with Gasteiger partial charge in [0, 0.05) is 12.1 Å². The molecule has 0 amide bonds. The molecular weight excluding hydrogens is 370 g/mol. The Morgan fingerprint density at radius 3 is 2.29 bits per heavy atom. The molecule has 0 radical (unpaired) electrons. The number of ether oxygens (including phenoxy) is 1. The van der Waals surface area contributed by atoms with E-state index >= 15 is 0 Å². The Morgan fingerprint density at radius 1 is 1.17 bits per heavy atom. The molecule has 0 saturated carbocycles. The van der Waals surface area contributed by atoms with E-state index in [-0.39, 0.29) is 27.0 Å². The molecule has 0 aromatic heterocycles. The highest BCUT2D eigenvalue weighted by Crippen LogP contribution is 2.30. The van der Waals surface area contributed by atoms with E-state index in [0.717, 1.165) is 36.4 Å². The highest BCUT2D eigenvalue weighted by atomic mass is 35.5. The van der Waals surface area contributed by atoms with Crippen molar-refractivity contribution in [1.29, 1.82) is 0 Å². The van der Waals surface area contributed by atoms with Gasteiger partial charge >= 0.3 is 6.61 Å². The zero-order chi connectivity index (χ0) is 17.9. The molecular formula is C13H9ClF2N2O5S. The molecule has 2 rings (SSSR count). The highest BCUT2D eigenvalue weighted by molar-refractivity contribution is 7.92. The van der Waals surface area contributed by atoms with Crippen LogP contribution < -0.4 is 9.46 Å². The second kappa shape index (κ2) is 6.97. The number of sulfonamides is 1. The highest BCUT2D eigenvalue weighted by Gasteiger charge is 2.17. The van der Waals surface area contributed by atoms with Crippen LogP contribution >= 0.6 is 11.6 Å². The standard InChI is InChI=1S/C13H9ClF2N2O5S/c14-11-7-8(1-6-12(11)23-13(15)16)17-24(21,22)10-4-2-9(3-5-10)18(19)20/h1-7,13,17H. The van der Waals surface area contributed by atoms with Gasteiger partial charge in [-0.3, -0.25) is 14.8 Å². The molecule has 0 heterocycles. The predicted molar refractivity (Wildman–Crippen MR) is 82.0 cm³/mol. The van der Waals surface area contributed by atoms with Crippen LogP contribution in [0.25, 0.3) is 0 Å². The Hall–Kier alpha value is -2.46. The molecule has 2 aromatic rings. The van der Waals surface area contributed by atoms with Gasteiger partial charge in [-0.1, -0.05) is 11.6 Å². The maximum atomic E-state index is 12.2. The van der Waals surface area contributed by atoms with Gasteiger partial charge in [-0.15, -0.1) is 0 Å². The van der Waals surface area contributed by atoms with Crippen molar-refractivity contribution in [3.05, 3.63) is 57.6 Å². The molecule has 0 saturated heterocycles. The third-order valence-corrected chi connectivity index (χ3v) is 4.45. The summed E-state index contributed by atoms with van der Waals surface area (Å²) in [7, 11) is -4.03. The van der Waals surface area contributed by atoms with E-state index in [1.807, 2.05) is 0 Å². The topological polar surface area (TPSA) is 98.5 Å². The summed E-state index contributed by atoms with van der Waals surface area (Å²) in [5.41, 5.74) is -0.245. The minimum absolute atomic E-state index is 0.0139. The number of hydrogen-bond acceptors (Lipinski definition) is 5. The molecule has 1 N–H and O–H groups in total. The number of benzene rings is 2. The van der Waals surface area contributed by atoms with E-state index in [9.17, 15) is 27.3 Å². The zero-order valence-electron chi connectivity index (χ0n) is 11.6. The summed E-state index contributed by atoms with van der Waals surface area (Å²) < 4.78 is 55.0. The van der Waals surface area contributed by atoms with Crippen molar-refractivity contribution in [3.63, 3.8) is 0 Å². The molecule has 0 atom stereocenters. The van der Waals surface area contributed by atoms with Gasteiger partial charge in [0.15, 0.2) is 0 Å². The predicted octanol–water partition coefficient (Wildman–Crippen LogP) is 3.65. The molecule has 7 nitrogen and oxygen atoms in total. The maximum Gasteiger partial charge on any atom is 0.387 e. The summed E-state index contributed by atoms with van der Waals surface area (Å²) in [6, 6.07) is 7.59. The third-order valence-electron chi connectivity index (χ3n) is 2.76. The molecule has 0 bridgehead atoms. The number of alkyl halides is 2. The van der Waals surface area contributed by atoms with Crippen molar-refractivity contribution in [2.24, 2.45) is 0 Å². The largest absolute Gasteiger partial charge is 0.433 e. The van der Waals surface area contributed by atoms with E-state index in [1.165, 1.54) is 6.07 Å². The van der Waals surface area contributed by atoms with Gasteiger partial charge in [0.05, 0.1) is 20.5 Å². The summed E-state index contributed by atoms with van der Waals surface area (Å²) in [5.74, 6) is -0.301. The Balaban J connectivity index is 2.22. The minimum atomic E-state index is -4.03. The normalized spacial score (nSPS) is 11.3. The fourth-order valence-electron chi connectivity index (χ4n) is 1.72. The molecule has 2 aromatic carbocycles. The number of hydrogen-bond donors (Lipinski definition) is 1. The van der Waals surface area contributed by atoms with Crippen LogP contribution in [0.1, 0.15) is 0 Å². The molecule has 0 spiro atoms. The van der Waals surface area contributed by atoms with Crippen molar-refractivity contribution in [2.45, 2.75) is 11.5 Å². The van der Waals surface area contributed by atoms with Gasteiger partial charge in [-0.2, -0.15) is 8.78 Å². The number of nitro benzene ring substituents is 1. The lowest BCUT2D eigenvalue weighted by Crippen LogP contribution is -2.13. The van der Waals surface area contributed by atoms with Crippen LogP contribution in [0, 0.1) is 10.1 Å². The number of nitrogens with one attached hydrogen (secondary N) is 1. The average Bonchev–Trinajstić information content (AvgIpc) is 2.49. The van der Waals surface area contributed by atoms with Gasteiger partial charge in [0.25, 0.3) is 15.7 Å². The maximum absolute atomic E-state index is 12.2. The van der Waals surface area contributed by atoms with E-state index in [1.54, 1.807) is 0 Å². The molecule has 11 heteroatoms. The average molecular weight is 379 g/mol. The SMILES string of the molecule is O=[N+]([O-])c1ccc(S(=O)(=O)Nc2ccc(OC(F)F)c(Cl)c2)cc1. The van der Waals surface area contributed by atoms with E-state index in [2.05, 4.69) is 9.46 Å². The number of non-ortho nitro benzene ring substituents is 1. The van der Waals surface area contributed by atoms with Crippen LogP contribution in [-0.2, 0) is 10.0 Å². The summed E-state index contributed by atoms with van der Waals surface area (Å²) >= 11 is 5.74. The molecule has 0 aliphatic rings. The summed E-state index contributed by atoms with van der Waals surface area (Å²) in [6.07, 6.45) is 0. The molecule has 128 valence electrons. The van der Waals surface area contributed by atoms with E-state index < -0.39 is 21.6 Å². The Morgan fingerprint density at radius 2 is 1.79 bits per heavy atom. The second-order valence-electron chi connectivity index (χ2n) is 4.38. The molecule has 0 aliphatic heterocycles. The van der Waals surface area contributed by atoms with Crippen LogP contribution in [0.4, 0.5) is 20.2 Å². The van der Waals surface area contributed by atoms with Gasteiger partial charge in [0.2, 0.25) is 0 Å². The second-order valence-corrected chi connectivity index (χ2v) is 6.47. The third kappa shape index (κ3) is 4.30. The molecule has 24 heavy (non-hydrogen) atoms. The van der Waals surface area contributed by atoms with E-state index in [0.29, 0.717) is 0 Å².